The quantitative estimate of drug-likeness (QED) is 0.894. The first-order valence-corrected chi connectivity index (χ1v) is 8.61. The van der Waals surface area contributed by atoms with Crippen molar-refractivity contribution in [3.05, 3.63) is 29.8 Å². The predicted molar refractivity (Wildman–Crippen MR) is 84.1 cm³/mol. The summed E-state index contributed by atoms with van der Waals surface area (Å²) in [7, 11) is -3.66. The molecule has 1 aliphatic heterocycles. The topological polar surface area (TPSA) is 83.6 Å². The summed E-state index contributed by atoms with van der Waals surface area (Å²) in [5.41, 5.74) is 0.114. The number of anilines is 1. The number of hydrogen-bond acceptors (Lipinski definition) is 4. The molecular formula is C15H20N2O4S. The Labute approximate surface area is 130 Å². The Kier molecular flexibility index (Phi) is 4.04. The second-order valence-corrected chi connectivity index (χ2v) is 8.40. The van der Waals surface area contributed by atoms with Gasteiger partial charge in [0.2, 0.25) is 15.9 Å². The molecule has 0 spiro atoms. The van der Waals surface area contributed by atoms with Gasteiger partial charge < -0.3 is 5.32 Å². The van der Waals surface area contributed by atoms with E-state index in [9.17, 15) is 18.0 Å². The third-order valence-electron chi connectivity index (χ3n) is 3.19. The standard InChI is InChI=1S/C15H20N2O4S/c1-10-9-22(20,21)17(14(10)19)12-7-5-6-11(8-12)13(18)16-15(2,3)4/h5-8,10H,9H2,1-4H3,(H,16,18)/t10-/m0/s1. The highest BCUT2D eigenvalue weighted by Crippen LogP contribution is 2.28. The SMILES string of the molecule is C[C@H]1CS(=O)(=O)N(c2cccc(C(=O)NC(C)(C)C)c2)C1=O. The molecule has 1 aliphatic rings. The number of hydrogen-bond donors (Lipinski definition) is 1. The zero-order valence-corrected chi connectivity index (χ0v) is 13.9. The molecule has 120 valence electrons. The van der Waals surface area contributed by atoms with Gasteiger partial charge in [0.15, 0.2) is 0 Å². The van der Waals surface area contributed by atoms with Crippen LogP contribution in [0.15, 0.2) is 24.3 Å². The van der Waals surface area contributed by atoms with Gasteiger partial charge in [0.05, 0.1) is 17.4 Å². The van der Waals surface area contributed by atoms with Gasteiger partial charge in [-0.2, -0.15) is 0 Å². The van der Waals surface area contributed by atoms with E-state index in [1.165, 1.54) is 12.1 Å². The zero-order chi connectivity index (χ0) is 16.7. The minimum Gasteiger partial charge on any atom is -0.347 e. The maximum Gasteiger partial charge on any atom is 0.251 e. The maximum absolute atomic E-state index is 12.2. The van der Waals surface area contributed by atoms with Crippen molar-refractivity contribution >= 4 is 27.5 Å². The fourth-order valence-corrected chi connectivity index (χ4v) is 4.09. The highest BCUT2D eigenvalue weighted by Gasteiger charge is 2.42. The number of amides is 2. The Balaban J connectivity index is 2.37. The monoisotopic (exact) mass is 324 g/mol. The van der Waals surface area contributed by atoms with Crippen LogP contribution < -0.4 is 9.62 Å². The number of nitrogens with zero attached hydrogens (tertiary/aromatic N) is 1. The van der Waals surface area contributed by atoms with Crippen molar-refractivity contribution in [3.8, 4) is 0 Å². The first kappa shape index (κ1) is 16.5. The minimum absolute atomic E-state index is 0.204. The highest BCUT2D eigenvalue weighted by molar-refractivity contribution is 7.94. The molecule has 0 radical (unpaired) electrons. The minimum atomic E-state index is -3.66. The van der Waals surface area contributed by atoms with Crippen molar-refractivity contribution in [1.29, 1.82) is 0 Å². The summed E-state index contributed by atoms with van der Waals surface area (Å²) in [6.45, 7) is 7.14. The lowest BCUT2D eigenvalue weighted by Gasteiger charge is -2.21. The number of nitrogens with one attached hydrogen (secondary N) is 1. The largest absolute Gasteiger partial charge is 0.347 e. The van der Waals surface area contributed by atoms with Gasteiger partial charge in [-0.3, -0.25) is 9.59 Å². The van der Waals surface area contributed by atoms with Crippen LogP contribution in [0.3, 0.4) is 0 Å². The van der Waals surface area contributed by atoms with Crippen molar-refractivity contribution in [3.63, 3.8) is 0 Å². The van der Waals surface area contributed by atoms with E-state index in [2.05, 4.69) is 5.32 Å². The Morgan fingerprint density at radius 3 is 2.45 bits per heavy atom. The third kappa shape index (κ3) is 3.30. The molecule has 7 heteroatoms. The number of benzene rings is 1. The Morgan fingerprint density at radius 2 is 1.95 bits per heavy atom. The maximum atomic E-state index is 12.2. The van der Waals surface area contributed by atoms with Gasteiger partial charge in [0.25, 0.3) is 5.91 Å². The number of carbonyl (C=O) groups is 2. The zero-order valence-electron chi connectivity index (χ0n) is 13.1. The van der Waals surface area contributed by atoms with Gasteiger partial charge in [-0.05, 0) is 39.0 Å². The number of rotatable bonds is 2. The van der Waals surface area contributed by atoms with Crippen molar-refractivity contribution < 1.29 is 18.0 Å². The molecule has 0 aromatic heterocycles. The van der Waals surface area contributed by atoms with Crippen molar-refractivity contribution in [2.75, 3.05) is 10.1 Å². The van der Waals surface area contributed by atoms with Gasteiger partial charge in [-0.25, -0.2) is 12.7 Å². The molecule has 1 N–H and O–H groups in total. The molecule has 1 saturated heterocycles. The first-order valence-electron chi connectivity index (χ1n) is 7.01. The molecule has 2 rings (SSSR count). The van der Waals surface area contributed by atoms with Crippen LogP contribution >= 0.6 is 0 Å². The number of carbonyl (C=O) groups excluding carboxylic acids is 2. The van der Waals surface area contributed by atoms with E-state index in [1.54, 1.807) is 19.1 Å². The average molecular weight is 324 g/mol. The molecular weight excluding hydrogens is 304 g/mol. The summed E-state index contributed by atoms with van der Waals surface area (Å²) >= 11 is 0. The van der Waals surface area contributed by atoms with Gasteiger partial charge in [0.1, 0.15) is 0 Å². The second kappa shape index (κ2) is 5.39. The molecule has 2 amide bonds. The molecule has 1 aromatic rings. The normalized spacial score (nSPS) is 21.0. The van der Waals surface area contributed by atoms with Crippen molar-refractivity contribution in [1.82, 2.24) is 5.32 Å². The Hall–Kier alpha value is -1.89. The first-order chi connectivity index (χ1) is 10.0. The predicted octanol–water partition coefficient (Wildman–Crippen LogP) is 1.53. The van der Waals surface area contributed by atoms with Crippen molar-refractivity contribution in [2.24, 2.45) is 5.92 Å². The van der Waals surface area contributed by atoms with Gasteiger partial charge in [0, 0.05) is 11.1 Å². The van der Waals surface area contributed by atoms with Gasteiger partial charge in [-0.1, -0.05) is 13.0 Å². The summed E-state index contributed by atoms with van der Waals surface area (Å²) < 4.78 is 25.0. The Bertz CT molecular complexity index is 719. The molecule has 0 bridgehead atoms. The van der Waals surface area contributed by atoms with Crippen LogP contribution in [0.1, 0.15) is 38.1 Å². The molecule has 22 heavy (non-hydrogen) atoms. The molecule has 1 aromatic carbocycles. The van der Waals surface area contributed by atoms with Crippen LogP contribution in [0.2, 0.25) is 0 Å². The molecule has 0 unspecified atom stereocenters. The van der Waals surface area contributed by atoms with Crippen LogP contribution in [0.4, 0.5) is 5.69 Å². The second-order valence-electron chi connectivity index (χ2n) is 6.54. The molecule has 1 atom stereocenters. The molecule has 1 heterocycles. The van der Waals surface area contributed by atoms with Gasteiger partial charge >= 0.3 is 0 Å². The van der Waals surface area contributed by atoms with Crippen LogP contribution in [-0.4, -0.2) is 31.5 Å². The van der Waals surface area contributed by atoms with Gasteiger partial charge in [-0.15, -0.1) is 0 Å². The van der Waals surface area contributed by atoms with Crippen LogP contribution in [0, 0.1) is 5.92 Å². The molecule has 6 nitrogen and oxygen atoms in total. The fourth-order valence-electron chi connectivity index (χ4n) is 2.27. The van der Waals surface area contributed by atoms with E-state index < -0.39 is 27.4 Å². The van der Waals surface area contributed by atoms with Crippen LogP contribution in [0.25, 0.3) is 0 Å². The fraction of sp³-hybridized carbons (Fsp3) is 0.467. The van der Waals surface area contributed by atoms with E-state index in [-0.39, 0.29) is 17.3 Å². The van der Waals surface area contributed by atoms with Crippen LogP contribution in [-0.2, 0) is 14.8 Å². The lowest BCUT2D eigenvalue weighted by Crippen LogP contribution is -2.40. The lowest BCUT2D eigenvalue weighted by molar-refractivity contribution is -0.119. The third-order valence-corrected chi connectivity index (χ3v) is 5.06. The summed E-state index contributed by atoms with van der Waals surface area (Å²) in [5.74, 6) is -1.55. The lowest BCUT2D eigenvalue weighted by atomic mass is 10.1. The number of sulfonamides is 1. The summed E-state index contributed by atoms with van der Waals surface area (Å²) in [6.07, 6.45) is 0. The van der Waals surface area contributed by atoms with E-state index in [0.29, 0.717) is 5.56 Å². The molecule has 1 fully saturated rings. The van der Waals surface area contributed by atoms with Crippen LogP contribution in [0.5, 0.6) is 0 Å². The molecule has 0 aliphatic carbocycles. The van der Waals surface area contributed by atoms with E-state index >= 15 is 0 Å². The summed E-state index contributed by atoms with van der Waals surface area (Å²) in [4.78, 5) is 24.2. The van der Waals surface area contributed by atoms with E-state index in [1.807, 2.05) is 20.8 Å². The highest BCUT2D eigenvalue weighted by atomic mass is 32.2. The molecule has 0 saturated carbocycles. The summed E-state index contributed by atoms with van der Waals surface area (Å²) in [6, 6.07) is 6.09. The summed E-state index contributed by atoms with van der Waals surface area (Å²) in [5, 5.41) is 2.80. The van der Waals surface area contributed by atoms with E-state index in [4.69, 9.17) is 0 Å². The van der Waals surface area contributed by atoms with E-state index in [0.717, 1.165) is 4.31 Å². The van der Waals surface area contributed by atoms with Crippen molar-refractivity contribution in [2.45, 2.75) is 33.2 Å². The smallest absolute Gasteiger partial charge is 0.251 e. The Morgan fingerprint density at radius 1 is 1.32 bits per heavy atom. The average Bonchev–Trinajstić information content (AvgIpc) is 2.56.